The van der Waals surface area contributed by atoms with E-state index in [1.807, 2.05) is 6.92 Å². The molecule has 31 heavy (non-hydrogen) atoms. The third-order valence-corrected chi connectivity index (χ3v) is 5.12. The van der Waals surface area contributed by atoms with Gasteiger partial charge in [0.05, 0.1) is 18.7 Å². The maximum Gasteiger partial charge on any atom is 0.255 e. The summed E-state index contributed by atoms with van der Waals surface area (Å²) in [5, 5.41) is 18.9. The summed E-state index contributed by atoms with van der Waals surface area (Å²) in [5.41, 5.74) is 0.259. The number of halogens is 1. The molecule has 2 amide bonds. The van der Waals surface area contributed by atoms with Gasteiger partial charge in [0.1, 0.15) is 5.75 Å². The molecule has 3 rings (SSSR count). The van der Waals surface area contributed by atoms with Crippen LogP contribution in [0.15, 0.2) is 29.3 Å². The molecule has 9 nitrogen and oxygen atoms in total. The number of amides is 2. The van der Waals surface area contributed by atoms with E-state index in [4.69, 9.17) is 0 Å². The fraction of sp³-hybridized carbons (Fsp3) is 0.571. The Labute approximate surface area is 200 Å². The maximum atomic E-state index is 12.1. The second kappa shape index (κ2) is 12.7. The predicted octanol–water partition coefficient (Wildman–Crippen LogP) is 0.602. The van der Waals surface area contributed by atoms with Crippen molar-refractivity contribution in [1.82, 2.24) is 25.8 Å². The smallest absolute Gasteiger partial charge is 0.255 e. The summed E-state index contributed by atoms with van der Waals surface area (Å²) < 4.78 is 0. The molecule has 1 aromatic carbocycles. The van der Waals surface area contributed by atoms with Crippen molar-refractivity contribution in [2.45, 2.75) is 25.8 Å². The summed E-state index contributed by atoms with van der Waals surface area (Å²) >= 11 is 0. The molecule has 0 bridgehead atoms. The quantitative estimate of drug-likeness (QED) is 0.165. The van der Waals surface area contributed by atoms with E-state index in [1.54, 1.807) is 18.2 Å². The first kappa shape index (κ1) is 25.2. The normalized spacial score (nSPS) is 16.9. The number of nitrogens with zero attached hydrogens (tertiary/aromatic N) is 3. The molecule has 0 radical (unpaired) electrons. The van der Waals surface area contributed by atoms with Crippen LogP contribution >= 0.6 is 24.0 Å². The van der Waals surface area contributed by atoms with Crippen molar-refractivity contribution >= 4 is 41.8 Å². The topological polar surface area (TPSA) is 109 Å². The average Bonchev–Trinajstić information content (AvgIpc) is 3.55. The Morgan fingerprint density at radius 1 is 1.13 bits per heavy atom. The fourth-order valence-corrected chi connectivity index (χ4v) is 3.34. The van der Waals surface area contributed by atoms with Gasteiger partial charge < -0.3 is 26.0 Å². The zero-order chi connectivity index (χ0) is 21.3. The van der Waals surface area contributed by atoms with Crippen molar-refractivity contribution in [1.29, 1.82) is 0 Å². The molecule has 4 N–H and O–H groups in total. The number of hydrogen-bond donors (Lipinski definition) is 4. The minimum absolute atomic E-state index is 0. The zero-order valence-electron chi connectivity index (χ0n) is 18.0. The number of carbonyl (C=O) groups excluding carboxylic acids is 2. The van der Waals surface area contributed by atoms with Gasteiger partial charge in [0.2, 0.25) is 5.91 Å². The molecule has 2 fully saturated rings. The summed E-state index contributed by atoms with van der Waals surface area (Å²) in [5.74, 6) is 0.588. The number of benzene rings is 1. The van der Waals surface area contributed by atoms with Crippen LogP contribution in [0.25, 0.3) is 0 Å². The van der Waals surface area contributed by atoms with Gasteiger partial charge in [-0.1, -0.05) is 12.1 Å². The van der Waals surface area contributed by atoms with E-state index in [0.29, 0.717) is 25.7 Å². The second-order valence-electron chi connectivity index (χ2n) is 7.61. The van der Waals surface area contributed by atoms with Gasteiger partial charge in [0, 0.05) is 45.3 Å². The van der Waals surface area contributed by atoms with Crippen LogP contribution in [0.3, 0.4) is 0 Å². The molecule has 1 saturated heterocycles. The lowest BCUT2D eigenvalue weighted by Crippen LogP contribution is -2.54. The number of piperazine rings is 1. The van der Waals surface area contributed by atoms with Gasteiger partial charge in [-0.05, 0) is 31.9 Å². The van der Waals surface area contributed by atoms with Crippen LogP contribution in [-0.4, -0.2) is 91.1 Å². The SMILES string of the molecule is CCNC(=NCCNC(=O)c1ccccc1O)N1CCN(CC(=O)NC2CC2)CC1.I. The highest BCUT2D eigenvalue weighted by atomic mass is 127. The van der Waals surface area contributed by atoms with Gasteiger partial charge in [-0.3, -0.25) is 19.5 Å². The summed E-state index contributed by atoms with van der Waals surface area (Å²) in [6.45, 7) is 7.27. The lowest BCUT2D eigenvalue weighted by Gasteiger charge is -2.36. The van der Waals surface area contributed by atoms with E-state index in [0.717, 1.165) is 51.5 Å². The lowest BCUT2D eigenvalue weighted by atomic mass is 10.2. The van der Waals surface area contributed by atoms with E-state index >= 15 is 0 Å². The number of aliphatic imine (C=N–C) groups is 1. The van der Waals surface area contributed by atoms with Crippen molar-refractivity contribution in [2.24, 2.45) is 4.99 Å². The molecular weight excluding hydrogens is 511 g/mol. The minimum Gasteiger partial charge on any atom is -0.507 e. The number of hydrogen-bond acceptors (Lipinski definition) is 5. The van der Waals surface area contributed by atoms with Crippen molar-refractivity contribution in [3.05, 3.63) is 29.8 Å². The first-order chi connectivity index (χ1) is 14.6. The van der Waals surface area contributed by atoms with Crippen molar-refractivity contribution in [3.63, 3.8) is 0 Å². The Balaban J connectivity index is 0.00000341. The monoisotopic (exact) mass is 544 g/mol. The molecule has 0 unspecified atom stereocenters. The van der Waals surface area contributed by atoms with Gasteiger partial charge in [-0.2, -0.15) is 0 Å². The number of aromatic hydroxyl groups is 1. The zero-order valence-corrected chi connectivity index (χ0v) is 20.3. The molecule has 1 saturated carbocycles. The molecule has 10 heteroatoms. The third-order valence-electron chi connectivity index (χ3n) is 5.12. The highest BCUT2D eigenvalue weighted by molar-refractivity contribution is 14.0. The minimum atomic E-state index is -0.314. The number of phenolic OH excluding ortho intramolecular Hbond substituents is 1. The van der Waals surface area contributed by atoms with E-state index in [1.165, 1.54) is 6.07 Å². The van der Waals surface area contributed by atoms with E-state index < -0.39 is 0 Å². The number of nitrogens with one attached hydrogen (secondary N) is 3. The highest BCUT2D eigenvalue weighted by Gasteiger charge is 2.25. The lowest BCUT2D eigenvalue weighted by molar-refractivity contribution is -0.122. The first-order valence-corrected chi connectivity index (χ1v) is 10.7. The Hall–Kier alpha value is -2.08. The second-order valence-corrected chi connectivity index (χ2v) is 7.61. The molecule has 0 aromatic heterocycles. The van der Waals surface area contributed by atoms with Crippen LogP contribution in [0.2, 0.25) is 0 Å². The van der Waals surface area contributed by atoms with Crippen LogP contribution in [0.4, 0.5) is 0 Å². The van der Waals surface area contributed by atoms with Gasteiger partial charge in [-0.15, -0.1) is 24.0 Å². The van der Waals surface area contributed by atoms with Crippen LogP contribution in [0.1, 0.15) is 30.1 Å². The number of para-hydroxylation sites is 1. The molecule has 1 aliphatic heterocycles. The van der Waals surface area contributed by atoms with Gasteiger partial charge in [0.15, 0.2) is 5.96 Å². The average molecular weight is 544 g/mol. The van der Waals surface area contributed by atoms with Crippen LogP contribution in [0.5, 0.6) is 5.75 Å². The van der Waals surface area contributed by atoms with Crippen LogP contribution in [-0.2, 0) is 4.79 Å². The van der Waals surface area contributed by atoms with Crippen molar-refractivity contribution in [2.75, 3.05) is 52.4 Å². The summed E-state index contributed by atoms with van der Waals surface area (Å²) in [7, 11) is 0. The summed E-state index contributed by atoms with van der Waals surface area (Å²) in [6, 6.07) is 6.87. The summed E-state index contributed by atoms with van der Waals surface area (Å²) in [6.07, 6.45) is 2.21. The molecule has 1 aromatic rings. The Kier molecular flexibility index (Phi) is 10.3. The van der Waals surface area contributed by atoms with E-state index in [2.05, 4.69) is 30.7 Å². The highest BCUT2D eigenvalue weighted by Crippen LogP contribution is 2.18. The van der Waals surface area contributed by atoms with Gasteiger partial charge >= 0.3 is 0 Å². The number of rotatable bonds is 8. The molecule has 0 spiro atoms. The van der Waals surface area contributed by atoms with Crippen LogP contribution in [0, 0.1) is 0 Å². The predicted molar refractivity (Wildman–Crippen MR) is 131 cm³/mol. The molecule has 1 heterocycles. The molecule has 0 atom stereocenters. The number of phenols is 1. The Bertz CT molecular complexity index is 763. The Morgan fingerprint density at radius 2 is 1.84 bits per heavy atom. The number of guanidine groups is 1. The number of carbonyl (C=O) groups is 2. The fourth-order valence-electron chi connectivity index (χ4n) is 3.34. The largest absolute Gasteiger partial charge is 0.507 e. The third kappa shape index (κ3) is 8.17. The molecule has 172 valence electrons. The van der Waals surface area contributed by atoms with Gasteiger partial charge in [-0.25, -0.2) is 0 Å². The molecule has 2 aliphatic rings. The van der Waals surface area contributed by atoms with E-state index in [-0.39, 0.29) is 47.1 Å². The Morgan fingerprint density at radius 3 is 2.48 bits per heavy atom. The molecule has 1 aliphatic carbocycles. The van der Waals surface area contributed by atoms with Crippen LogP contribution < -0.4 is 16.0 Å². The van der Waals surface area contributed by atoms with Crippen molar-refractivity contribution < 1.29 is 14.7 Å². The standard InChI is InChI=1S/C21H32N6O3.HI/c1-2-22-21(24-10-9-23-20(30)17-5-3-4-6-18(17)28)27-13-11-26(12-14-27)15-19(29)25-16-7-8-16;/h3-6,16,28H,2,7-15H2,1H3,(H,22,24)(H,23,30)(H,25,29);1H. The van der Waals surface area contributed by atoms with Crippen molar-refractivity contribution in [3.8, 4) is 5.75 Å². The van der Waals surface area contributed by atoms with Gasteiger partial charge in [0.25, 0.3) is 5.91 Å². The summed E-state index contributed by atoms with van der Waals surface area (Å²) in [4.78, 5) is 33.1. The molecular formula is C21H33IN6O3. The first-order valence-electron chi connectivity index (χ1n) is 10.7. The maximum absolute atomic E-state index is 12.1. The van der Waals surface area contributed by atoms with E-state index in [9.17, 15) is 14.7 Å².